The van der Waals surface area contributed by atoms with Crippen LogP contribution < -0.4 is 10.2 Å². The molecule has 130 valence electrons. The van der Waals surface area contributed by atoms with Gasteiger partial charge in [-0.3, -0.25) is 4.79 Å². The Hall–Kier alpha value is -1.89. The van der Waals surface area contributed by atoms with E-state index in [-0.39, 0.29) is 11.7 Å². The zero-order valence-electron chi connectivity index (χ0n) is 13.8. The zero-order chi connectivity index (χ0) is 17.2. The van der Waals surface area contributed by atoms with Gasteiger partial charge in [0, 0.05) is 24.7 Å². The van der Waals surface area contributed by atoms with Crippen LogP contribution in [0, 0.1) is 0 Å². The molecule has 1 aliphatic carbocycles. The molecule has 1 aromatic rings. The number of anilines is 1. The molecule has 2 heterocycles. The highest BCUT2D eigenvalue weighted by Gasteiger charge is 2.27. The lowest BCUT2D eigenvalue weighted by molar-refractivity contribution is 0.0947. The first kappa shape index (κ1) is 17.0. The Morgan fingerprint density at radius 2 is 2.04 bits per heavy atom. The molecule has 0 spiro atoms. The van der Waals surface area contributed by atoms with Crippen LogP contribution in [0.15, 0.2) is 29.8 Å². The van der Waals surface area contributed by atoms with Crippen molar-refractivity contribution < 1.29 is 13.2 Å². The summed E-state index contributed by atoms with van der Waals surface area (Å²) in [6.07, 6.45) is 9.10. The van der Waals surface area contributed by atoms with Gasteiger partial charge in [0.15, 0.2) is 9.84 Å². The molecular formula is C17H23N3O3S. The second-order valence-corrected chi connectivity index (χ2v) is 8.45. The van der Waals surface area contributed by atoms with Gasteiger partial charge in [0.2, 0.25) is 0 Å². The van der Waals surface area contributed by atoms with Crippen molar-refractivity contribution in [2.75, 3.05) is 17.7 Å². The van der Waals surface area contributed by atoms with E-state index in [0.29, 0.717) is 17.4 Å². The lowest BCUT2D eigenvalue weighted by Crippen LogP contribution is -2.39. The molecule has 1 fully saturated rings. The highest BCUT2D eigenvalue weighted by atomic mass is 32.2. The van der Waals surface area contributed by atoms with Crippen molar-refractivity contribution in [1.82, 2.24) is 10.3 Å². The Morgan fingerprint density at radius 3 is 2.71 bits per heavy atom. The Morgan fingerprint density at radius 1 is 1.29 bits per heavy atom. The first-order valence-corrected chi connectivity index (χ1v) is 10.1. The normalized spacial score (nSPS) is 23.1. The van der Waals surface area contributed by atoms with E-state index in [4.69, 9.17) is 0 Å². The second kappa shape index (κ2) is 6.93. The molecule has 3 rings (SSSR count). The Bertz CT molecular complexity index is 739. The molecule has 1 N–H and O–H groups in total. The Balaban J connectivity index is 1.76. The topological polar surface area (TPSA) is 79.4 Å². The number of sulfone groups is 1. The molecule has 0 unspecified atom stereocenters. The third-order valence-corrected chi connectivity index (χ3v) is 6.13. The van der Waals surface area contributed by atoms with Crippen LogP contribution >= 0.6 is 0 Å². The lowest BCUT2D eigenvalue weighted by atomic mass is 9.94. The molecule has 1 aliphatic heterocycles. The summed E-state index contributed by atoms with van der Waals surface area (Å²) in [6.45, 7) is 0. The van der Waals surface area contributed by atoms with E-state index in [2.05, 4.69) is 15.2 Å². The van der Waals surface area contributed by atoms with Gasteiger partial charge in [-0.05, 0) is 31.1 Å². The average molecular weight is 349 g/mol. The summed E-state index contributed by atoms with van der Waals surface area (Å²) < 4.78 is 23.0. The van der Waals surface area contributed by atoms with E-state index in [1.165, 1.54) is 25.3 Å². The average Bonchev–Trinajstić information content (AvgIpc) is 2.93. The van der Waals surface area contributed by atoms with Gasteiger partial charge in [0.05, 0.1) is 17.4 Å². The lowest BCUT2D eigenvalue weighted by Gasteiger charge is -2.33. The van der Waals surface area contributed by atoms with Gasteiger partial charge < -0.3 is 10.2 Å². The molecule has 0 aromatic carbocycles. The number of carbonyl (C=O) groups excluding carboxylic acids is 1. The molecule has 1 aromatic heterocycles. The summed E-state index contributed by atoms with van der Waals surface area (Å²) >= 11 is 0. The maximum atomic E-state index is 12.6. The fourth-order valence-electron chi connectivity index (χ4n) is 3.41. The maximum absolute atomic E-state index is 12.6. The molecule has 6 nitrogen and oxygen atoms in total. The quantitative estimate of drug-likeness (QED) is 0.898. The van der Waals surface area contributed by atoms with Crippen molar-refractivity contribution in [3.8, 4) is 0 Å². The van der Waals surface area contributed by atoms with Crippen LogP contribution in [0.5, 0.6) is 0 Å². The largest absolute Gasteiger partial charge is 0.356 e. The summed E-state index contributed by atoms with van der Waals surface area (Å²) in [5, 5.41) is 3.94. The van der Waals surface area contributed by atoms with Crippen molar-refractivity contribution in [1.29, 1.82) is 0 Å². The van der Waals surface area contributed by atoms with Crippen molar-refractivity contribution >= 4 is 21.6 Å². The van der Waals surface area contributed by atoms with Gasteiger partial charge >= 0.3 is 0 Å². The van der Waals surface area contributed by atoms with E-state index in [0.717, 1.165) is 18.2 Å². The summed E-state index contributed by atoms with van der Waals surface area (Å²) in [7, 11) is -1.21. The van der Waals surface area contributed by atoms with Crippen LogP contribution in [0.25, 0.3) is 0 Å². The van der Waals surface area contributed by atoms with Gasteiger partial charge in [0.25, 0.3) is 5.91 Å². The summed E-state index contributed by atoms with van der Waals surface area (Å²) in [6, 6.07) is 3.39. The number of pyridine rings is 1. The SMILES string of the molecule is CN(c1ncccc1C(=O)N[C@H]1C=CS(=O)(=O)C1)C1CCCCC1. The number of rotatable bonds is 4. The van der Waals surface area contributed by atoms with Crippen molar-refractivity contribution in [3.63, 3.8) is 0 Å². The first-order chi connectivity index (χ1) is 11.5. The highest BCUT2D eigenvalue weighted by Crippen LogP contribution is 2.27. The molecule has 0 bridgehead atoms. The van der Waals surface area contributed by atoms with E-state index >= 15 is 0 Å². The van der Waals surface area contributed by atoms with Crippen molar-refractivity contribution in [2.24, 2.45) is 0 Å². The van der Waals surface area contributed by atoms with Crippen LogP contribution in [-0.2, 0) is 9.84 Å². The van der Waals surface area contributed by atoms with Gasteiger partial charge in [0.1, 0.15) is 5.82 Å². The Labute approximate surface area is 142 Å². The molecule has 0 radical (unpaired) electrons. The van der Waals surface area contributed by atoms with Crippen LogP contribution in [-0.4, -0.2) is 44.2 Å². The summed E-state index contributed by atoms with van der Waals surface area (Å²) in [4.78, 5) is 19.1. The smallest absolute Gasteiger partial charge is 0.255 e. The van der Waals surface area contributed by atoms with E-state index in [1.54, 1.807) is 18.3 Å². The number of nitrogens with one attached hydrogen (secondary N) is 1. The third-order valence-electron chi connectivity index (χ3n) is 4.73. The van der Waals surface area contributed by atoms with Gasteiger partial charge in [-0.1, -0.05) is 19.3 Å². The molecule has 1 atom stereocenters. The van der Waals surface area contributed by atoms with Gasteiger partial charge in [-0.25, -0.2) is 13.4 Å². The molecule has 1 saturated carbocycles. The maximum Gasteiger partial charge on any atom is 0.255 e. The van der Waals surface area contributed by atoms with E-state index in [1.807, 2.05) is 7.05 Å². The number of nitrogens with zero attached hydrogens (tertiary/aromatic N) is 2. The minimum atomic E-state index is -3.19. The minimum absolute atomic E-state index is 0.0766. The number of aromatic nitrogens is 1. The first-order valence-electron chi connectivity index (χ1n) is 8.36. The number of amides is 1. The predicted molar refractivity (Wildman–Crippen MR) is 93.7 cm³/mol. The van der Waals surface area contributed by atoms with Crippen LogP contribution in [0.4, 0.5) is 5.82 Å². The van der Waals surface area contributed by atoms with Crippen LogP contribution in [0.1, 0.15) is 42.5 Å². The zero-order valence-corrected chi connectivity index (χ0v) is 14.6. The third kappa shape index (κ3) is 3.77. The standard InChI is InChI=1S/C17H23N3O3S/c1-20(14-6-3-2-4-7-14)16-15(8-5-10-18-16)17(21)19-13-9-11-24(22,23)12-13/h5,8-11,13-14H,2-4,6-7,12H2,1H3,(H,19,21)/t13-/m0/s1. The predicted octanol–water partition coefficient (Wildman–Crippen LogP) is 1.89. The fraction of sp³-hybridized carbons (Fsp3) is 0.529. The van der Waals surface area contributed by atoms with Crippen molar-refractivity contribution in [3.05, 3.63) is 35.4 Å². The van der Waals surface area contributed by atoms with Crippen LogP contribution in [0.2, 0.25) is 0 Å². The fourth-order valence-corrected chi connectivity index (χ4v) is 4.64. The van der Waals surface area contributed by atoms with E-state index < -0.39 is 15.9 Å². The van der Waals surface area contributed by atoms with E-state index in [9.17, 15) is 13.2 Å². The molecular weight excluding hydrogens is 326 g/mol. The number of hydrogen-bond donors (Lipinski definition) is 1. The molecule has 0 saturated heterocycles. The van der Waals surface area contributed by atoms with Crippen molar-refractivity contribution in [2.45, 2.75) is 44.2 Å². The monoisotopic (exact) mass is 349 g/mol. The molecule has 1 amide bonds. The van der Waals surface area contributed by atoms with Gasteiger partial charge in [-0.15, -0.1) is 0 Å². The summed E-state index contributed by atoms with van der Waals surface area (Å²) in [5.74, 6) is 0.298. The molecule has 2 aliphatic rings. The highest BCUT2D eigenvalue weighted by molar-refractivity contribution is 7.94. The number of carbonyl (C=O) groups is 1. The molecule has 7 heteroatoms. The minimum Gasteiger partial charge on any atom is -0.356 e. The Kier molecular flexibility index (Phi) is 4.89. The summed E-state index contributed by atoms with van der Waals surface area (Å²) in [5.41, 5.74) is 0.489. The molecule has 24 heavy (non-hydrogen) atoms. The number of hydrogen-bond acceptors (Lipinski definition) is 5. The van der Waals surface area contributed by atoms with Crippen LogP contribution in [0.3, 0.4) is 0 Å². The second-order valence-electron chi connectivity index (χ2n) is 6.52. The van der Waals surface area contributed by atoms with Gasteiger partial charge in [-0.2, -0.15) is 0 Å².